The zero-order chi connectivity index (χ0) is 24.3. The molecule has 8 heteroatoms. The molecule has 1 saturated heterocycles. The zero-order valence-corrected chi connectivity index (χ0v) is 21.3. The van der Waals surface area contributed by atoms with E-state index in [1.54, 1.807) is 18.2 Å². The second-order valence-corrected chi connectivity index (χ2v) is 9.52. The molecule has 0 amide bonds. The number of hydrogen-bond acceptors (Lipinski definition) is 7. The van der Waals surface area contributed by atoms with Gasteiger partial charge in [-0.05, 0) is 71.0 Å². The second-order valence-electron chi connectivity index (χ2n) is 9.52. The lowest BCUT2D eigenvalue weighted by Gasteiger charge is -2.29. The van der Waals surface area contributed by atoms with Gasteiger partial charge in [-0.1, -0.05) is 12.0 Å². The van der Waals surface area contributed by atoms with Crippen LogP contribution in [0.15, 0.2) is 42.7 Å². The number of rotatable bonds is 5. The molecule has 184 valence electrons. The van der Waals surface area contributed by atoms with E-state index in [9.17, 15) is 4.79 Å². The fourth-order valence-electron chi connectivity index (χ4n) is 3.94. The van der Waals surface area contributed by atoms with Crippen LogP contribution in [0.3, 0.4) is 0 Å². The summed E-state index contributed by atoms with van der Waals surface area (Å²) in [6, 6.07) is 11.0. The molecule has 0 bridgehead atoms. The Morgan fingerprint density at radius 3 is 2.60 bits per heavy atom. The van der Waals surface area contributed by atoms with Crippen LogP contribution in [-0.4, -0.2) is 52.7 Å². The van der Waals surface area contributed by atoms with Crippen molar-refractivity contribution >= 4 is 40.8 Å². The molecule has 0 aliphatic carbocycles. The smallest absolute Gasteiger partial charge is 0.339 e. The summed E-state index contributed by atoms with van der Waals surface area (Å²) in [5.74, 6) is 3.50. The minimum atomic E-state index is -0.607. The van der Waals surface area contributed by atoms with Crippen LogP contribution in [0, 0.1) is 12.3 Å². The number of nitrogens with zero attached hydrogens (tertiary/aromatic N) is 3. The van der Waals surface area contributed by atoms with E-state index in [1.807, 2.05) is 39.0 Å². The molecule has 4 rings (SSSR count). The Kier molecular flexibility index (Phi) is 8.21. The van der Waals surface area contributed by atoms with E-state index in [4.69, 9.17) is 15.9 Å². The summed E-state index contributed by atoms with van der Waals surface area (Å²) in [6.45, 7) is 7.48. The van der Waals surface area contributed by atoms with Crippen molar-refractivity contribution in [3.63, 3.8) is 0 Å². The number of fused-ring (bicyclic) bond motifs is 1. The predicted molar refractivity (Wildman–Crippen MR) is 141 cm³/mol. The minimum absolute atomic E-state index is 0. The molecule has 1 fully saturated rings. The molecule has 1 aliphatic heterocycles. The molecular weight excluding hydrogens is 464 g/mol. The number of likely N-dealkylation sites (tertiary alicyclic amines) is 1. The lowest BCUT2D eigenvalue weighted by Crippen LogP contribution is -2.35. The van der Waals surface area contributed by atoms with Crippen LogP contribution < -0.4 is 10.1 Å². The van der Waals surface area contributed by atoms with Crippen LogP contribution in [0.25, 0.3) is 10.9 Å². The Morgan fingerprint density at radius 1 is 1.17 bits per heavy atom. The Labute approximate surface area is 212 Å². The summed E-state index contributed by atoms with van der Waals surface area (Å²) < 4.78 is 11.9. The summed E-state index contributed by atoms with van der Waals surface area (Å²) >= 11 is 0. The maximum atomic E-state index is 12.6. The van der Waals surface area contributed by atoms with E-state index < -0.39 is 11.6 Å². The van der Waals surface area contributed by atoms with E-state index in [1.165, 1.54) is 6.33 Å². The maximum absolute atomic E-state index is 12.6. The molecule has 2 aromatic carbocycles. The number of benzene rings is 2. The van der Waals surface area contributed by atoms with Gasteiger partial charge in [0.05, 0.1) is 16.5 Å². The van der Waals surface area contributed by atoms with E-state index in [-0.39, 0.29) is 18.5 Å². The van der Waals surface area contributed by atoms with Gasteiger partial charge in [0.25, 0.3) is 0 Å². The van der Waals surface area contributed by atoms with Gasteiger partial charge in [-0.15, -0.1) is 18.8 Å². The number of nitrogens with one attached hydrogen (secondary N) is 1. The summed E-state index contributed by atoms with van der Waals surface area (Å²) in [7, 11) is 2.13. The van der Waals surface area contributed by atoms with E-state index in [0.29, 0.717) is 22.6 Å². The molecule has 2 heterocycles. The van der Waals surface area contributed by atoms with Crippen molar-refractivity contribution < 1.29 is 14.3 Å². The molecule has 0 unspecified atom stereocenters. The van der Waals surface area contributed by atoms with Crippen molar-refractivity contribution in [1.29, 1.82) is 0 Å². The van der Waals surface area contributed by atoms with E-state index in [0.717, 1.165) is 42.6 Å². The van der Waals surface area contributed by atoms with Gasteiger partial charge in [0.2, 0.25) is 0 Å². The monoisotopic (exact) mass is 494 g/mol. The Morgan fingerprint density at radius 2 is 1.91 bits per heavy atom. The highest BCUT2D eigenvalue weighted by Gasteiger charge is 2.22. The number of halogens is 1. The largest absolute Gasteiger partial charge is 0.489 e. The fourth-order valence-corrected chi connectivity index (χ4v) is 3.94. The molecule has 0 spiro atoms. The molecule has 1 N–H and O–H groups in total. The average Bonchev–Trinajstić information content (AvgIpc) is 2.79. The number of anilines is 2. The van der Waals surface area contributed by atoms with Crippen molar-refractivity contribution in [2.75, 3.05) is 25.5 Å². The number of terminal acetylenes is 1. The molecule has 0 atom stereocenters. The highest BCUT2D eigenvalue weighted by molar-refractivity contribution is 5.97. The van der Waals surface area contributed by atoms with Gasteiger partial charge < -0.3 is 19.7 Å². The molecule has 3 aromatic rings. The van der Waals surface area contributed by atoms with Gasteiger partial charge in [-0.3, -0.25) is 0 Å². The minimum Gasteiger partial charge on any atom is -0.489 e. The van der Waals surface area contributed by atoms with Gasteiger partial charge in [0, 0.05) is 24.3 Å². The van der Waals surface area contributed by atoms with Crippen LogP contribution in [0.4, 0.5) is 11.5 Å². The van der Waals surface area contributed by atoms with Gasteiger partial charge >= 0.3 is 5.97 Å². The SMILES string of the molecule is C#Cc1cc(Nc2ncnc3cccc(OC4CCN(C)CC4)c23)ccc1C(=O)OC(C)(C)C.Cl. The van der Waals surface area contributed by atoms with Crippen molar-refractivity contribution in [1.82, 2.24) is 14.9 Å². The lowest BCUT2D eigenvalue weighted by atomic mass is 10.1. The van der Waals surface area contributed by atoms with Crippen molar-refractivity contribution in [2.24, 2.45) is 0 Å². The molecule has 0 radical (unpaired) electrons. The summed E-state index contributed by atoms with van der Waals surface area (Å²) in [5.41, 5.74) is 1.67. The van der Waals surface area contributed by atoms with Crippen LogP contribution in [0.5, 0.6) is 5.75 Å². The normalized spacial score (nSPS) is 14.6. The number of esters is 1. The third-order valence-electron chi connectivity index (χ3n) is 5.64. The zero-order valence-electron chi connectivity index (χ0n) is 20.5. The summed E-state index contributed by atoms with van der Waals surface area (Å²) in [4.78, 5) is 23.8. The Balaban J connectivity index is 0.00000342. The van der Waals surface area contributed by atoms with Crippen LogP contribution in [-0.2, 0) is 4.74 Å². The first kappa shape index (κ1) is 26.3. The standard InChI is InChI=1S/C27H30N4O3.ClH/c1-6-18-16-19(10-11-21(18)26(32)34-27(2,3)4)30-25-24-22(28-17-29-25)8-7-9-23(24)33-20-12-14-31(5)15-13-20;/h1,7-11,16-17,20H,12-15H2,2-5H3,(H,28,29,30);1H. The number of carbonyl (C=O) groups is 1. The van der Waals surface area contributed by atoms with Gasteiger partial charge in [0.15, 0.2) is 0 Å². The molecule has 0 saturated carbocycles. The van der Waals surface area contributed by atoms with Gasteiger partial charge in [0.1, 0.15) is 29.6 Å². The molecule has 35 heavy (non-hydrogen) atoms. The van der Waals surface area contributed by atoms with E-state index >= 15 is 0 Å². The van der Waals surface area contributed by atoms with Crippen LogP contribution in [0.2, 0.25) is 0 Å². The van der Waals surface area contributed by atoms with Crippen LogP contribution >= 0.6 is 12.4 Å². The van der Waals surface area contributed by atoms with E-state index in [2.05, 4.69) is 33.2 Å². The van der Waals surface area contributed by atoms with Crippen molar-refractivity contribution in [3.8, 4) is 18.1 Å². The van der Waals surface area contributed by atoms with Crippen molar-refractivity contribution in [2.45, 2.75) is 45.3 Å². The maximum Gasteiger partial charge on any atom is 0.339 e. The first-order chi connectivity index (χ1) is 16.2. The summed E-state index contributed by atoms with van der Waals surface area (Å²) in [6.07, 6.45) is 9.32. The molecular formula is C27H31ClN4O3. The highest BCUT2D eigenvalue weighted by atomic mass is 35.5. The topological polar surface area (TPSA) is 76.6 Å². The van der Waals surface area contributed by atoms with Gasteiger partial charge in [-0.25, -0.2) is 14.8 Å². The summed E-state index contributed by atoms with van der Waals surface area (Å²) in [5, 5.41) is 4.14. The lowest BCUT2D eigenvalue weighted by molar-refractivity contribution is 0.00692. The number of ether oxygens (including phenoxy) is 2. The Hall–Kier alpha value is -3.34. The molecule has 1 aromatic heterocycles. The fraction of sp³-hybridized carbons (Fsp3) is 0.370. The quantitative estimate of drug-likeness (QED) is 0.385. The first-order valence-electron chi connectivity index (χ1n) is 11.4. The number of carbonyl (C=O) groups excluding carboxylic acids is 1. The number of piperidine rings is 1. The molecule has 1 aliphatic rings. The second kappa shape index (κ2) is 10.9. The third-order valence-corrected chi connectivity index (χ3v) is 5.64. The Bertz CT molecular complexity index is 1240. The van der Waals surface area contributed by atoms with Crippen LogP contribution in [0.1, 0.15) is 49.5 Å². The predicted octanol–water partition coefficient (Wildman–Crippen LogP) is 5.20. The third kappa shape index (κ3) is 6.41. The van der Waals surface area contributed by atoms with Gasteiger partial charge in [-0.2, -0.15) is 0 Å². The number of aromatic nitrogens is 2. The number of hydrogen-bond donors (Lipinski definition) is 1. The van der Waals surface area contributed by atoms with Crippen molar-refractivity contribution in [3.05, 3.63) is 53.9 Å². The highest BCUT2D eigenvalue weighted by Crippen LogP contribution is 2.33. The molecule has 7 nitrogen and oxygen atoms in total. The average molecular weight is 495 g/mol. The first-order valence-corrected chi connectivity index (χ1v) is 11.4.